The Balaban J connectivity index is 1.32. The second-order valence-corrected chi connectivity index (χ2v) is 11.1. The highest BCUT2D eigenvalue weighted by molar-refractivity contribution is 5.93. The number of nitrogens with two attached hydrogens (primary N) is 1. The first kappa shape index (κ1) is 28.7. The molecule has 1 aliphatic heterocycles. The number of halogens is 6. The highest BCUT2D eigenvalue weighted by Gasteiger charge is 2.53. The fourth-order valence-electron chi connectivity index (χ4n) is 6.30. The molecule has 7 nitrogen and oxygen atoms in total. The van der Waals surface area contributed by atoms with Gasteiger partial charge in [0.05, 0.1) is 17.6 Å². The lowest BCUT2D eigenvalue weighted by Crippen LogP contribution is -2.48. The minimum atomic E-state index is -4.66. The molecular weight excluding hydrogens is 576 g/mol. The highest BCUT2D eigenvalue weighted by atomic mass is 19.4. The number of carbonyl (C=O) groups excluding carboxylic acids is 2. The van der Waals surface area contributed by atoms with E-state index in [2.05, 4.69) is 15.4 Å². The minimum Gasteiger partial charge on any atom is -0.366 e. The third-order valence-corrected chi connectivity index (χ3v) is 8.20. The van der Waals surface area contributed by atoms with E-state index in [0.717, 1.165) is 29.3 Å². The number of alkyl halides is 3. The van der Waals surface area contributed by atoms with Gasteiger partial charge in [-0.15, -0.1) is 0 Å². The van der Waals surface area contributed by atoms with Crippen LogP contribution >= 0.6 is 0 Å². The van der Waals surface area contributed by atoms with Crippen LogP contribution in [0, 0.1) is 23.4 Å². The Hall–Kier alpha value is -4.42. The van der Waals surface area contributed by atoms with Gasteiger partial charge in [0.2, 0.25) is 5.91 Å². The molecule has 3 aliphatic rings. The summed E-state index contributed by atoms with van der Waals surface area (Å²) < 4.78 is 84.6. The van der Waals surface area contributed by atoms with Crippen molar-refractivity contribution in [1.82, 2.24) is 15.1 Å². The monoisotopic (exact) mass is 601 g/mol. The standard InChI is InChI=1S/C30H25F6N5O2/c31-17-6-14(7-18(32)12-17)8-24(26-19(2-1-5-38-26)15-3-4-23(33)21(9-15)29(37)43)39-25(42)13-41-27-20-10-16(20)11-22(27)28(40-41)30(34,35)36/h1-7,9,12,16,19-20,24,26H,8,10-11,13H2,(H2,37,43)(H,39,42)/t16?,19?,20?,24-,26?/m0/s1. The molecule has 43 heavy (non-hydrogen) atoms. The molecular formula is C30H25F6N5O2. The molecule has 2 heterocycles. The summed E-state index contributed by atoms with van der Waals surface area (Å²) in [6.07, 6.45) is 1.03. The van der Waals surface area contributed by atoms with Crippen molar-refractivity contribution < 1.29 is 35.9 Å². The van der Waals surface area contributed by atoms with Gasteiger partial charge in [-0.3, -0.25) is 19.3 Å². The predicted octanol–water partition coefficient (Wildman–Crippen LogP) is 4.60. The lowest BCUT2D eigenvalue weighted by atomic mass is 9.83. The zero-order valence-electron chi connectivity index (χ0n) is 22.4. The molecule has 1 aromatic heterocycles. The maximum atomic E-state index is 14.2. The van der Waals surface area contributed by atoms with Crippen molar-refractivity contribution >= 4 is 18.0 Å². The van der Waals surface area contributed by atoms with Gasteiger partial charge in [0.1, 0.15) is 24.0 Å². The molecule has 3 aromatic rings. The van der Waals surface area contributed by atoms with E-state index in [4.69, 9.17) is 5.73 Å². The average molecular weight is 602 g/mol. The largest absolute Gasteiger partial charge is 0.435 e. The molecule has 0 bridgehead atoms. The number of amides is 2. The lowest BCUT2D eigenvalue weighted by molar-refractivity contribution is -0.142. The van der Waals surface area contributed by atoms with E-state index in [0.29, 0.717) is 17.3 Å². The zero-order chi connectivity index (χ0) is 30.6. The Labute approximate surface area is 241 Å². The second-order valence-electron chi connectivity index (χ2n) is 11.1. The number of aromatic nitrogens is 2. The fraction of sp³-hybridized carbons (Fsp3) is 0.333. The molecule has 2 aromatic carbocycles. The Morgan fingerprint density at radius 1 is 1.09 bits per heavy atom. The number of nitrogens with zero attached hydrogens (tertiary/aromatic N) is 3. The number of benzene rings is 2. The summed E-state index contributed by atoms with van der Waals surface area (Å²) in [5.41, 5.74) is 5.16. The summed E-state index contributed by atoms with van der Waals surface area (Å²) in [6.45, 7) is -0.505. The third kappa shape index (κ3) is 5.67. The van der Waals surface area contributed by atoms with Gasteiger partial charge in [-0.05, 0) is 66.6 Å². The van der Waals surface area contributed by atoms with Crippen LogP contribution < -0.4 is 11.1 Å². The second kappa shape index (κ2) is 10.7. The number of primary amides is 1. The molecule has 0 saturated heterocycles. The number of hydrogen-bond acceptors (Lipinski definition) is 4. The number of hydrogen-bond donors (Lipinski definition) is 2. The highest BCUT2D eigenvalue weighted by Crippen LogP contribution is 2.58. The SMILES string of the molecule is NC(=O)c1cc(C2C=CC=NC2[C@H](Cc2cc(F)cc(F)c2)NC(=O)Cn2nc(C(F)(F)F)c3c2C2CC2C3)ccc1F. The number of nitrogens with one attached hydrogen (secondary N) is 1. The van der Waals surface area contributed by atoms with E-state index in [-0.39, 0.29) is 41.4 Å². The molecule has 2 aliphatic carbocycles. The van der Waals surface area contributed by atoms with Crippen LogP contribution in [0.25, 0.3) is 0 Å². The Morgan fingerprint density at radius 2 is 1.84 bits per heavy atom. The smallest absolute Gasteiger partial charge is 0.366 e. The Kier molecular flexibility index (Phi) is 7.13. The first-order chi connectivity index (χ1) is 20.4. The van der Waals surface area contributed by atoms with Crippen molar-refractivity contribution in [3.8, 4) is 0 Å². The van der Waals surface area contributed by atoms with Crippen LogP contribution in [-0.2, 0) is 30.4 Å². The van der Waals surface area contributed by atoms with E-state index in [1.165, 1.54) is 18.3 Å². The quantitative estimate of drug-likeness (QED) is 0.369. The Morgan fingerprint density at radius 3 is 2.53 bits per heavy atom. The van der Waals surface area contributed by atoms with E-state index in [1.54, 1.807) is 12.2 Å². The summed E-state index contributed by atoms with van der Waals surface area (Å²) in [4.78, 5) is 29.7. The number of dihydropyridines is 1. The van der Waals surface area contributed by atoms with Gasteiger partial charge in [-0.1, -0.05) is 12.1 Å². The maximum Gasteiger partial charge on any atom is 0.435 e. The van der Waals surface area contributed by atoms with Gasteiger partial charge < -0.3 is 11.1 Å². The van der Waals surface area contributed by atoms with Gasteiger partial charge in [0.15, 0.2) is 5.69 Å². The zero-order valence-corrected chi connectivity index (χ0v) is 22.4. The van der Waals surface area contributed by atoms with Crippen LogP contribution in [0.3, 0.4) is 0 Å². The summed E-state index contributed by atoms with van der Waals surface area (Å²) in [7, 11) is 0. The Bertz CT molecular complexity index is 1660. The summed E-state index contributed by atoms with van der Waals surface area (Å²) in [5.74, 6) is -4.74. The third-order valence-electron chi connectivity index (χ3n) is 8.20. The number of allylic oxidation sites excluding steroid dienone is 1. The van der Waals surface area contributed by atoms with Crippen molar-refractivity contribution in [2.75, 3.05) is 0 Å². The van der Waals surface area contributed by atoms with E-state index < -0.39 is 65.7 Å². The predicted molar refractivity (Wildman–Crippen MR) is 143 cm³/mol. The van der Waals surface area contributed by atoms with Crippen LogP contribution in [-0.4, -0.2) is 39.9 Å². The van der Waals surface area contributed by atoms with Gasteiger partial charge in [0, 0.05) is 35.4 Å². The van der Waals surface area contributed by atoms with Crippen LogP contribution in [0.5, 0.6) is 0 Å². The van der Waals surface area contributed by atoms with Crippen LogP contribution in [0.4, 0.5) is 26.3 Å². The van der Waals surface area contributed by atoms with Crippen LogP contribution in [0.2, 0.25) is 0 Å². The number of aliphatic imine (C=N–C) groups is 1. The fourth-order valence-corrected chi connectivity index (χ4v) is 6.30. The van der Waals surface area contributed by atoms with Crippen molar-refractivity contribution in [2.24, 2.45) is 16.6 Å². The minimum absolute atomic E-state index is 0.0761. The molecule has 4 unspecified atom stereocenters. The first-order valence-corrected chi connectivity index (χ1v) is 13.6. The molecule has 3 N–H and O–H groups in total. The molecule has 0 spiro atoms. The number of fused-ring (bicyclic) bond motifs is 3. The number of rotatable bonds is 8. The molecule has 13 heteroatoms. The maximum absolute atomic E-state index is 14.2. The van der Waals surface area contributed by atoms with Gasteiger partial charge in [0.25, 0.3) is 5.91 Å². The average Bonchev–Trinajstić information content (AvgIpc) is 3.43. The normalized spacial score (nSPS) is 22.7. The molecule has 0 radical (unpaired) electrons. The summed E-state index contributed by atoms with van der Waals surface area (Å²) >= 11 is 0. The topological polar surface area (TPSA) is 102 Å². The van der Waals surface area contributed by atoms with E-state index >= 15 is 0 Å². The van der Waals surface area contributed by atoms with Crippen LogP contribution in [0.15, 0.2) is 53.5 Å². The molecule has 1 fully saturated rings. The first-order valence-electron chi connectivity index (χ1n) is 13.6. The molecule has 6 rings (SSSR count). The lowest BCUT2D eigenvalue weighted by Gasteiger charge is -2.32. The van der Waals surface area contributed by atoms with E-state index in [1.807, 2.05) is 0 Å². The van der Waals surface area contributed by atoms with Crippen LogP contribution in [0.1, 0.15) is 56.7 Å². The van der Waals surface area contributed by atoms with E-state index in [9.17, 15) is 35.9 Å². The number of carbonyl (C=O) groups is 2. The van der Waals surface area contributed by atoms with Crippen molar-refractivity contribution in [1.29, 1.82) is 0 Å². The van der Waals surface area contributed by atoms with Gasteiger partial charge in [-0.2, -0.15) is 18.3 Å². The molecule has 224 valence electrons. The van der Waals surface area contributed by atoms with Crippen molar-refractivity contribution in [3.05, 3.63) is 99.6 Å². The molecule has 2 amide bonds. The molecule has 1 saturated carbocycles. The van der Waals surface area contributed by atoms with Gasteiger partial charge in [-0.25, -0.2) is 13.2 Å². The summed E-state index contributed by atoms with van der Waals surface area (Å²) in [5, 5.41) is 6.56. The van der Waals surface area contributed by atoms with Gasteiger partial charge >= 0.3 is 6.18 Å². The van der Waals surface area contributed by atoms with Crippen molar-refractivity contribution in [3.63, 3.8) is 0 Å². The summed E-state index contributed by atoms with van der Waals surface area (Å²) in [6, 6.07) is 4.96. The molecule has 5 atom stereocenters. The van der Waals surface area contributed by atoms with Crippen molar-refractivity contribution in [2.45, 2.75) is 55.9 Å².